The van der Waals surface area contributed by atoms with Crippen molar-refractivity contribution in [2.45, 2.75) is 60.1 Å². The third-order valence-corrected chi connectivity index (χ3v) is 19.8. The van der Waals surface area contributed by atoms with Crippen LogP contribution in [0.15, 0.2) is 462 Å². The summed E-state index contributed by atoms with van der Waals surface area (Å²) in [6.45, 7) is 1.88. The van der Waals surface area contributed by atoms with Crippen LogP contribution in [0, 0.1) is 61.3 Å². The van der Waals surface area contributed by atoms with E-state index in [1.165, 1.54) is 30.5 Å². The summed E-state index contributed by atoms with van der Waals surface area (Å²) in [6, 6.07) is 158. The first-order valence-electron chi connectivity index (χ1n) is 47.4. The molecular formula is C122H100Ir4N8-8. The number of aromatic nitrogens is 8. The van der Waals surface area contributed by atoms with E-state index >= 15 is 0 Å². The third kappa shape index (κ3) is 33.6. The molecule has 8 nitrogen and oxygen atoms in total. The zero-order valence-electron chi connectivity index (χ0n) is 84.0. The molecule has 4 radical (unpaired) electrons. The topological polar surface area (TPSA) is 103 Å². The molecule has 8 aromatic heterocycles. The quantitative estimate of drug-likeness (QED) is 0.0882. The van der Waals surface area contributed by atoms with Crippen molar-refractivity contribution in [3.63, 3.8) is 0 Å². The van der Waals surface area contributed by atoms with E-state index in [0.717, 1.165) is 129 Å². The predicted octanol–water partition coefficient (Wildman–Crippen LogP) is 30.2. The van der Waals surface area contributed by atoms with Gasteiger partial charge in [0.15, 0.2) is 0 Å². The molecule has 2 unspecified atom stereocenters. The number of hydrogen-bond donors (Lipinski definition) is 0. The van der Waals surface area contributed by atoms with Crippen LogP contribution < -0.4 is 0 Å². The van der Waals surface area contributed by atoms with Gasteiger partial charge < -0.3 is 39.9 Å². The molecule has 0 fully saturated rings. The van der Waals surface area contributed by atoms with Gasteiger partial charge in [0.05, 0.1) is 0 Å². The monoisotopic (exact) mass is 2460 g/mol. The minimum absolute atomic E-state index is 0. The van der Waals surface area contributed by atoms with Gasteiger partial charge >= 0.3 is 0 Å². The Morgan fingerprint density at radius 3 is 0.784 bits per heavy atom. The molecule has 0 N–H and O–H groups in total. The Morgan fingerprint density at radius 2 is 0.515 bits per heavy atom. The van der Waals surface area contributed by atoms with Crippen molar-refractivity contribution >= 4 is 0 Å². The minimum Gasteiger partial charge on any atom is -0.305 e. The van der Waals surface area contributed by atoms with Gasteiger partial charge in [0, 0.05) is 144 Å². The Balaban J connectivity index is 0.000000186. The average molecular weight is 2460 g/mol. The van der Waals surface area contributed by atoms with Crippen molar-refractivity contribution in [2.24, 2.45) is 5.89 Å². The molecule has 12 heteroatoms. The van der Waals surface area contributed by atoms with E-state index in [1.807, 2.05) is 376 Å². The van der Waals surface area contributed by atoms with Crippen LogP contribution in [-0.4, -0.2) is 39.9 Å². The zero-order valence-corrected chi connectivity index (χ0v) is 83.6. The van der Waals surface area contributed by atoms with Gasteiger partial charge in [-0.1, -0.05) is 210 Å². The van der Waals surface area contributed by atoms with Crippen molar-refractivity contribution in [1.82, 2.24) is 39.9 Å². The summed E-state index contributed by atoms with van der Waals surface area (Å²) in [4.78, 5) is 34.5. The largest absolute Gasteiger partial charge is 0.305 e. The van der Waals surface area contributed by atoms with Gasteiger partial charge in [-0.2, -0.15) is 0 Å². The molecule has 20 aromatic rings. The zero-order chi connectivity index (χ0) is 98.4. The van der Waals surface area contributed by atoms with Gasteiger partial charge in [-0.05, 0) is 187 Å². The molecule has 12 aromatic carbocycles. The number of benzene rings is 12. The first kappa shape index (κ1) is 89.6. The van der Waals surface area contributed by atoms with Crippen LogP contribution in [0.25, 0.3) is 135 Å². The molecule has 0 amide bonds. The number of pyridine rings is 8. The van der Waals surface area contributed by atoms with Crippen molar-refractivity contribution in [3.8, 4) is 135 Å². The number of aryl methyl sites for hydroxylation is 2. The minimum atomic E-state index is -2.37. The van der Waals surface area contributed by atoms with Gasteiger partial charge in [-0.25, -0.2) is 0 Å². The van der Waals surface area contributed by atoms with Crippen molar-refractivity contribution < 1.29 is 94.1 Å². The number of hydrogen-bond acceptors (Lipinski definition) is 8. The normalized spacial score (nSPS) is 12.2. The van der Waals surface area contributed by atoms with Gasteiger partial charge in [-0.15, -0.1) is 287 Å². The molecule has 0 aliphatic heterocycles. The molecular weight excluding hydrogens is 2350 g/mol. The second kappa shape index (κ2) is 57.7. The van der Waals surface area contributed by atoms with E-state index in [4.69, 9.17) is 13.7 Å². The van der Waals surface area contributed by atoms with Crippen molar-refractivity contribution in [3.05, 3.63) is 533 Å². The Bertz CT molecular complexity index is 6650. The molecule has 672 valence electrons. The molecule has 134 heavy (non-hydrogen) atoms. The molecule has 0 saturated heterocycles. The van der Waals surface area contributed by atoms with Crippen molar-refractivity contribution in [2.75, 3.05) is 0 Å². The predicted molar refractivity (Wildman–Crippen MR) is 537 cm³/mol. The van der Waals surface area contributed by atoms with E-state index in [-0.39, 0.29) is 86.8 Å². The van der Waals surface area contributed by atoms with Gasteiger partial charge in [0.1, 0.15) is 0 Å². The second-order valence-electron chi connectivity index (χ2n) is 29.3. The number of nitrogens with zero attached hydrogens (tertiary/aromatic N) is 8. The van der Waals surface area contributed by atoms with E-state index in [2.05, 4.69) is 126 Å². The Labute approximate surface area is 860 Å². The SMILES string of the molecule is Cc1cccc(-c2ccnc(-c3[c-]cccc3)c2)c1.[2H]C([2H])(C)c1cccc(-c2ccnc(-c3[c-]cccc3)c2)c1.[2H]C([2H])([2H])C([2H])(C)Cc1ccc(-c2ccnc(-c3[c-]cccc3)c2)cc1.[2H]C([2H])([2H])C([2H])(C)c1ccc(-c2ccnc(-c3[c-]cccc3)c2)cc1.[Ir].[Ir].[Ir].[Ir].[c-]1ccccc1-c1ccccn1.[c-]1ccccc1-c1ccccn1.[c-]1ccccc1-c1ccccn1.[c-]1ccccc1-c1ccccn1. The first-order valence-corrected chi connectivity index (χ1v) is 42.4. The van der Waals surface area contributed by atoms with Gasteiger partial charge in [0.25, 0.3) is 0 Å². The van der Waals surface area contributed by atoms with Crippen LogP contribution in [0.4, 0.5) is 0 Å². The van der Waals surface area contributed by atoms with E-state index in [9.17, 15) is 0 Å². The second-order valence-corrected chi connectivity index (χ2v) is 29.3. The molecule has 0 saturated carbocycles. The fraction of sp³-hybridized carbons (Fsp3) is 0.0820. The van der Waals surface area contributed by atoms with Crippen LogP contribution in [0.1, 0.15) is 76.3 Å². The summed E-state index contributed by atoms with van der Waals surface area (Å²) in [5, 5.41) is 0. The number of rotatable bonds is 16. The molecule has 0 aliphatic carbocycles. The van der Waals surface area contributed by atoms with E-state index in [1.54, 1.807) is 62.4 Å². The van der Waals surface area contributed by atoms with Crippen molar-refractivity contribution in [1.29, 1.82) is 0 Å². The van der Waals surface area contributed by atoms with Gasteiger partial charge in [0.2, 0.25) is 0 Å². The van der Waals surface area contributed by atoms with Crippen LogP contribution >= 0.6 is 0 Å². The first-order chi connectivity index (χ1) is 67.8. The van der Waals surface area contributed by atoms with Gasteiger partial charge in [-0.3, -0.25) is 0 Å². The summed E-state index contributed by atoms with van der Waals surface area (Å²) in [6.07, 6.45) is 13.1. The van der Waals surface area contributed by atoms with E-state index in [0.29, 0.717) is 11.1 Å². The smallest absolute Gasteiger partial charge is 0.0347 e. The fourth-order valence-electron chi connectivity index (χ4n) is 13.3. The average Bonchev–Trinajstić information content (AvgIpc) is 0.786. The molecule has 0 aliphatic rings. The fourth-order valence-corrected chi connectivity index (χ4v) is 13.3. The molecule has 20 rings (SSSR count). The maximum atomic E-state index is 8.16. The maximum absolute atomic E-state index is 8.16. The van der Waals surface area contributed by atoms with Crippen LogP contribution in [-0.2, 0) is 93.2 Å². The van der Waals surface area contributed by atoms with Crippen LogP contribution in [0.3, 0.4) is 0 Å². The maximum Gasteiger partial charge on any atom is 0.0347 e. The van der Waals surface area contributed by atoms with Crippen LogP contribution in [0.5, 0.6) is 0 Å². The third-order valence-electron chi connectivity index (χ3n) is 19.8. The standard InChI is InChI=1S/C21H20N.C20H18N.C19H16N.C18H14N.4C11H8N.4Ir/c1-16(2)14-17-8-10-18(11-9-17)20-12-13-22-21(15-20)19-6-4-3-5-7-19;1-15(2)16-8-10-17(11-9-16)19-12-13-21-20(14-19)18-6-4-3-5-7-18;1-2-15-7-6-10-17(13-15)18-11-12-20-19(14-18)16-8-4-3-5-9-16;1-14-6-5-9-16(12-14)17-10-11-19-18(13-17)15-7-3-2-4-8-15;4*1-2-6-10(7-3-1)11-8-4-5-9-12-11;;;;/h3-6,8-13,15-16H,14H2,1-2H3;3-6,8-15H,1-2H3;3-8,10-14H,2H2,1H3;2-7,9-13H,1H3;4*1-6,8-9H;;;;/q8*-1;;;;/i1D3,16D;1D3,15D;2D2;;;;;;;;;. The Kier molecular flexibility index (Phi) is 38.6. The summed E-state index contributed by atoms with van der Waals surface area (Å²) < 4.78 is 77.1. The summed E-state index contributed by atoms with van der Waals surface area (Å²) >= 11 is 0. The molecule has 0 spiro atoms. The summed E-state index contributed by atoms with van der Waals surface area (Å²) in [7, 11) is 0. The summed E-state index contributed by atoms with van der Waals surface area (Å²) in [5.41, 5.74) is 27.0. The Morgan fingerprint density at radius 1 is 0.246 bits per heavy atom. The summed E-state index contributed by atoms with van der Waals surface area (Å²) in [5.74, 6) is -3.13. The van der Waals surface area contributed by atoms with Crippen LogP contribution in [0.2, 0.25) is 0 Å². The molecule has 0 bridgehead atoms. The van der Waals surface area contributed by atoms with E-state index < -0.39 is 31.9 Å². The molecule has 8 heterocycles. The molecule has 2 atom stereocenters. The Hall–Kier alpha value is -13.6.